The molecule has 0 aliphatic rings. The molecule has 0 saturated heterocycles. The Hall–Kier alpha value is -1.59. The summed E-state index contributed by atoms with van der Waals surface area (Å²) in [5.74, 6) is 1.01. The summed E-state index contributed by atoms with van der Waals surface area (Å²) >= 11 is 4.96. The maximum Gasteiger partial charge on any atom is 0.204 e. The lowest BCUT2D eigenvalue weighted by Crippen LogP contribution is -2.12. The molecule has 1 heterocycles. The molecule has 0 aliphatic carbocycles. The summed E-state index contributed by atoms with van der Waals surface area (Å²) in [7, 11) is 0. The Balaban J connectivity index is 2.27. The molecule has 0 radical (unpaired) electrons. The summed E-state index contributed by atoms with van der Waals surface area (Å²) in [5, 5.41) is 0.872. The fourth-order valence-electron chi connectivity index (χ4n) is 1.67. The molecule has 5 heteroatoms. The molecule has 2 aromatic rings. The number of hydrogen-bond acceptors (Lipinski definition) is 4. The maximum atomic E-state index is 5.67. The van der Waals surface area contributed by atoms with E-state index in [9.17, 15) is 0 Å². The van der Waals surface area contributed by atoms with Gasteiger partial charge in [0.25, 0.3) is 0 Å². The first-order chi connectivity index (χ1) is 8.74. The van der Waals surface area contributed by atoms with Gasteiger partial charge in [-0.1, -0.05) is 24.4 Å². The quantitative estimate of drug-likeness (QED) is 0.642. The third-order valence-electron chi connectivity index (χ3n) is 2.45. The van der Waals surface area contributed by atoms with E-state index in [2.05, 4.69) is 0 Å². The highest BCUT2D eigenvalue weighted by atomic mass is 32.1. The number of para-hydroxylation sites is 1. The van der Waals surface area contributed by atoms with Crippen LogP contribution in [0.2, 0.25) is 0 Å². The Morgan fingerprint density at radius 2 is 2.11 bits per heavy atom. The third kappa shape index (κ3) is 2.63. The highest BCUT2D eigenvalue weighted by Gasteiger charge is 2.17. The number of fused-ring (bicyclic) bond motifs is 1. The topological polar surface area (TPSA) is 57.6 Å². The van der Waals surface area contributed by atoms with Crippen LogP contribution in [-0.2, 0) is 4.74 Å². The molecule has 96 valence electrons. The zero-order chi connectivity index (χ0) is 13.0. The number of hydrogen-bond donors (Lipinski definition) is 1. The summed E-state index contributed by atoms with van der Waals surface area (Å²) < 4.78 is 16.5. The molecule has 1 aromatic heterocycles. The second-order valence-electron chi connectivity index (χ2n) is 3.67. The molecular weight excluding hydrogens is 250 g/mol. The monoisotopic (exact) mass is 265 g/mol. The van der Waals surface area contributed by atoms with Crippen LogP contribution in [0, 0.1) is 0 Å². The van der Waals surface area contributed by atoms with Crippen LogP contribution >= 0.6 is 12.2 Å². The van der Waals surface area contributed by atoms with Crippen molar-refractivity contribution < 1.29 is 13.9 Å². The molecular formula is C13H15NO3S. The summed E-state index contributed by atoms with van der Waals surface area (Å²) in [6.45, 7) is 3.56. The third-order valence-corrected chi connectivity index (χ3v) is 2.64. The SMILES string of the molecule is CCOCCOc1c(C(N)=S)oc2ccccc12. The van der Waals surface area contributed by atoms with Gasteiger partial charge in [-0.2, -0.15) is 0 Å². The molecule has 2 rings (SSSR count). The van der Waals surface area contributed by atoms with Crippen molar-refractivity contribution in [3.8, 4) is 5.75 Å². The molecule has 18 heavy (non-hydrogen) atoms. The number of nitrogens with two attached hydrogens (primary N) is 1. The van der Waals surface area contributed by atoms with E-state index in [0.717, 1.165) is 5.39 Å². The molecule has 0 unspecified atom stereocenters. The predicted octanol–water partition coefficient (Wildman–Crippen LogP) is 2.48. The van der Waals surface area contributed by atoms with E-state index in [0.29, 0.717) is 36.9 Å². The van der Waals surface area contributed by atoms with Gasteiger partial charge in [0.1, 0.15) is 17.2 Å². The van der Waals surface area contributed by atoms with E-state index in [1.807, 2.05) is 31.2 Å². The average Bonchev–Trinajstić information content (AvgIpc) is 2.74. The highest BCUT2D eigenvalue weighted by molar-refractivity contribution is 7.80. The number of rotatable bonds is 6. The second kappa shape index (κ2) is 5.84. The number of benzene rings is 1. The van der Waals surface area contributed by atoms with Crippen molar-refractivity contribution in [2.24, 2.45) is 5.73 Å². The molecule has 0 saturated carbocycles. The van der Waals surface area contributed by atoms with E-state index in [1.54, 1.807) is 0 Å². The second-order valence-corrected chi connectivity index (χ2v) is 4.11. The zero-order valence-corrected chi connectivity index (χ0v) is 11.0. The molecule has 0 aliphatic heterocycles. The predicted molar refractivity (Wildman–Crippen MR) is 74.1 cm³/mol. The average molecular weight is 265 g/mol. The van der Waals surface area contributed by atoms with Crippen LogP contribution in [0.5, 0.6) is 5.75 Å². The largest absolute Gasteiger partial charge is 0.486 e. The van der Waals surface area contributed by atoms with Crippen molar-refractivity contribution in [3.63, 3.8) is 0 Å². The molecule has 0 amide bonds. The molecule has 0 atom stereocenters. The van der Waals surface area contributed by atoms with Crippen LogP contribution in [0.25, 0.3) is 11.0 Å². The van der Waals surface area contributed by atoms with Crippen LogP contribution < -0.4 is 10.5 Å². The van der Waals surface area contributed by atoms with Gasteiger partial charge in [0, 0.05) is 6.61 Å². The van der Waals surface area contributed by atoms with Gasteiger partial charge >= 0.3 is 0 Å². The fourth-order valence-corrected chi connectivity index (χ4v) is 1.81. The van der Waals surface area contributed by atoms with Crippen LogP contribution in [-0.4, -0.2) is 24.8 Å². The first kappa shape index (κ1) is 12.9. The van der Waals surface area contributed by atoms with Crippen molar-refractivity contribution in [2.75, 3.05) is 19.8 Å². The standard InChI is InChI=1S/C13H15NO3S/c1-2-15-7-8-16-11-9-5-3-4-6-10(9)17-12(11)13(14)18/h3-6H,2,7-8H2,1H3,(H2,14,18). The van der Waals surface area contributed by atoms with Crippen LogP contribution in [0.4, 0.5) is 0 Å². The van der Waals surface area contributed by atoms with E-state index < -0.39 is 0 Å². The minimum atomic E-state index is 0.192. The molecule has 0 fully saturated rings. The van der Waals surface area contributed by atoms with E-state index in [1.165, 1.54) is 0 Å². The lowest BCUT2D eigenvalue weighted by Gasteiger charge is -2.06. The number of ether oxygens (including phenoxy) is 2. The van der Waals surface area contributed by atoms with E-state index >= 15 is 0 Å². The number of thiocarbonyl (C=S) groups is 1. The summed E-state index contributed by atoms with van der Waals surface area (Å²) in [5.41, 5.74) is 6.35. The van der Waals surface area contributed by atoms with Crippen molar-refractivity contribution in [3.05, 3.63) is 30.0 Å². The van der Waals surface area contributed by atoms with Crippen molar-refractivity contribution >= 4 is 28.2 Å². The van der Waals surface area contributed by atoms with Gasteiger partial charge in [-0.25, -0.2) is 0 Å². The van der Waals surface area contributed by atoms with Crippen LogP contribution in [0.15, 0.2) is 28.7 Å². The normalized spacial score (nSPS) is 10.7. The Bertz CT molecular complexity index is 550. The lowest BCUT2D eigenvalue weighted by molar-refractivity contribution is 0.110. The molecule has 4 nitrogen and oxygen atoms in total. The zero-order valence-electron chi connectivity index (χ0n) is 10.1. The van der Waals surface area contributed by atoms with Gasteiger partial charge < -0.3 is 19.6 Å². The van der Waals surface area contributed by atoms with Gasteiger partial charge in [0.15, 0.2) is 5.75 Å². The van der Waals surface area contributed by atoms with Crippen molar-refractivity contribution in [1.29, 1.82) is 0 Å². The van der Waals surface area contributed by atoms with Crippen molar-refractivity contribution in [2.45, 2.75) is 6.92 Å². The molecule has 2 N–H and O–H groups in total. The molecule has 0 bridgehead atoms. The van der Waals surface area contributed by atoms with E-state index in [4.69, 9.17) is 31.8 Å². The Labute approximate surface area is 111 Å². The summed E-state index contributed by atoms with van der Waals surface area (Å²) in [4.78, 5) is 0.192. The van der Waals surface area contributed by atoms with Gasteiger partial charge in [0.2, 0.25) is 5.76 Å². The van der Waals surface area contributed by atoms with E-state index in [-0.39, 0.29) is 4.99 Å². The summed E-state index contributed by atoms with van der Waals surface area (Å²) in [6.07, 6.45) is 0. The minimum Gasteiger partial charge on any atom is -0.486 e. The lowest BCUT2D eigenvalue weighted by atomic mass is 10.2. The first-order valence-electron chi connectivity index (χ1n) is 5.76. The van der Waals surface area contributed by atoms with Gasteiger partial charge in [-0.3, -0.25) is 0 Å². The Kier molecular flexibility index (Phi) is 4.17. The molecule has 0 spiro atoms. The maximum absolute atomic E-state index is 5.67. The smallest absolute Gasteiger partial charge is 0.204 e. The van der Waals surface area contributed by atoms with Crippen molar-refractivity contribution in [1.82, 2.24) is 0 Å². The van der Waals surface area contributed by atoms with Crippen LogP contribution in [0.3, 0.4) is 0 Å². The van der Waals surface area contributed by atoms with Gasteiger partial charge in [0.05, 0.1) is 12.0 Å². The highest BCUT2D eigenvalue weighted by Crippen LogP contribution is 2.32. The fraction of sp³-hybridized carbons (Fsp3) is 0.308. The Morgan fingerprint density at radius 1 is 1.33 bits per heavy atom. The van der Waals surface area contributed by atoms with Crippen LogP contribution in [0.1, 0.15) is 12.7 Å². The first-order valence-corrected chi connectivity index (χ1v) is 6.16. The minimum absolute atomic E-state index is 0.192. The van der Waals surface area contributed by atoms with Gasteiger partial charge in [-0.05, 0) is 19.1 Å². The summed E-state index contributed by atoms with van der Waals surface area (Å²) in [6, 6.07) is 7.57. The molecule has 1 aromatic carbocycles. The Morgan fingerprint density at radius 3 is 2.83 bits per heavy atom. The number of furan rings is 1. The van der Waals surface area contributed by atoms with Gasteiger partial charge in [-0.15, -0.1) is 0 Å².